The van der Waals surface area contributed by atoms with Gasteiger partial charge in [-0.3, -0.25) is 4.90 Å². The zero-order chi connectivity index (χ0) is 19.1. The lowest BCUT2D eigenvalue weighted by atomic mass is 10.1. The van der Waals surface area contributed by atoms with Gasteiger partial charge in [-0.25, -0.2) is 0 Å². The van der Waals surface area contributed by atoms with Gasteiger partial charge in [-0.05, 0) is 28.3 Å². The van der Waals surface area contributed by atoms with Crippen LogP contribution in [0, 0.1) is 0 Å². The van der Waals surface area contributed by atoms with Crippen LogP contribution in [0.1, 0.15) is 33.6 Å². The van der Waals surface area contributed by atoms with Crippen molar-refractivity contribution in [3.63, 3.8) is 0 Å². The molecule has 0 aromatic heterocycles. The highest BCUT2D eigenvalue weighted by molar-refractivity contribution is 6.99. The fourth-order valence-corrected chi connectivity index (χ4v) is 9.74. The van der Waals surface area contributed by atoms with E-state index in [1.807, 2.05) is 0 Å². The van der Waals surface area contributed by atoms with Gasteiger partial charge in [-0.1, -0.05) is 93.6 Å². The minimum Gasteiger partial charge on any atom is -0.403 e. The molecule has 3 heteroatoms. The van der Waals surface area contributed by atoms with Crippen molar-refractivity contribution in [2.24, 2.45) is 0 Å². The average molecular weight is 378 g/mol. The Morgan fingerprint density at radius 3 is 2.00 bits per heavy atom. The third-order valence-corrected chi connectivity index (χ3v) is 11.3. The maximum Gasteiger partial charge on any atom is 0.261 e. The molecule has 2 aliphatic rings. The molecule has 2 heterocycles. The van der Waals surface area contributed by atoms with Crippen LogP contribution in [0.2, 0.25) is 5.04 Å². The second-order valence-electron chi connectivity index (χ2n) is 9.18. The Kier molecular flexibility index (Phi) is 4.87. The van der Waals surface area contributed by atoms with E-state index in [-0.39, 0.29) is 5.04 Å². The van der Waals surface area contributed by atoms with Crippen molar-refractivity contribution in [3.05, 3.63) is 72.8 Å². The standard InChI is InChI=1S/C24H31NOSi/c1-19-15-20-16-21(18-25(20)17-19)26-27(24(2,3)4,22-11-7-5-8-12-22)23-13-9-6-10-14-23/h5-14,20-21H,1,15-18H2,2-4H3/t20-,21-/m1/s1. The first-order valence-electron chi connectivity index (χ1n) is 10.1. The van der Waals surface area contributed by atoms with Crippen molar-refractivity contribution >= 4 is 18.7 Å². The molecule has 0 bridgehead atoms. The Bertz CT molecular complexity index is 741. The van der Waals surface area contributed by atoms with E-state index in [0.717, 1.165) is 25.9 Å². The molecule has 142 valence electrons. The molecule has 0 spiro atoms. The molecule has 0 unspecified atom stereocenters. The summed E-state index contributed by atoms with van der Waals surface area (Å²) < 4.78 is 7.27. The molecular formula is C24H31NOSi. The van der Waals surface area contributed by atoms with Crippen molar-refractivity contribution in [2.75, 3.05) is 13.1 Å². The third kappa shape index (κ3) is 3.33. The smallest absolute Gasteiger partial charge is 0.261 e. The Balaban J connectivity index is 1.75. The predicted octanol–water partition coefficient (Wildman–Crippen LogP) is 3.97. The van der Waals surface area contributed by atoms with Crippen molar-refractivity contribution < 1.29 is 4.43 Å². The minimum absolute atomic E-state index is 0.0480. The first-order chi connectivity index (χ1) is 12.9. The van der Waals surface area contributed by atoms with Crippen LogP contribution in [0.15, 0.2) is 72.8 Å². The summed E-state index contributed by atoms with van der Waals surface area (Å²) >= 11 is 0. The summed E-state index contributed by atoms with van der Waals surface area (Å²) in [6.45, 7) is 13.4. The maximum atomic E-state index is 7.27. The second kappa shape index (κ2) is 7.05. The SMILES string of the molecule is C=C1C[C@@H]2C[C@@H](O[Si](c3ccccc3)(c3ccccc3)C(C)(C)C)CN2C1. The zero-order valence-corrected chi connectivity index (χ0v) is 17.8. The minimum atomic E-state index is -2.43. The predicted molar refractivity (Wildman–Crippen MR) is 116 cm³/mol. The van der Waals surface area contributed by atoms with Crippen LogP contribution >= 0.6 is 0 Å². The number of nitrogens with zero attached hydrogens (tertiary/aromatic N) is 1. The number of benzene rings is 2. The van der Waals surface area contributed by atoms with Gasteiger partial charge in [-0.2, -0.15) is 0 Å². The van der Waals surface area contributed by atoms with Gasteiger partial charge >= 0.3 is 0 Å². The molecule has 2 nitrogen and oxygen atoms in total. The summed E-state index contributed by atoms with van der Waals surface area (Å²) in [5, 5.41) is 2.80. The first-order valence-corrected chi connectivity index (χ1v) is 12.0. The lowest BCUT2D eigenvalue weighted by Gasteiger charge is -2.44. The molecule has 2 aromatic carbocycles. The molecule has 0 N–H and O–H groups in total. The highest BCUT2D eigenvalue weighted by Gasteiger charge is 2.52. The molecule has 2 atom stereocenters. The molecule has 2 saturated heterocycles. The van der Waals surface area contributed by atoms with Crippen molar-refractivity contribution in [3.8, 4) is 0 Å². The second-order valence-corrected chi connectivity index (χ2v) is 13.4. The van der Waals surface area contributed by atoms with Crippen LogP contribution in [-0.2, 0) is 4.43 Å². The third-order valence-electron chi connectivity index (χ3n) is 6.20. The Morgan fingerprint density at radius 1 is 0.963 bits per heavy atom. The Labute approximate surface area is 165 Å². The quantitative estimate of drug-likeness (QED) is 0.591. The summed E-state index contributed by atoms with van der Waals surface area (Å²) in [4.78, 5) is 2.57. The van der Waals surface area contributed by atoms with E-state index in [1.165, 1.54) is 15.9 Å². The lowest BCUT2D eigenvalue weighted by molar-refractivity contribution is 0.191. The van der Waals surface area contributed by atoms with E-state index in [1.54, 1.807) is 0 Å². The molecular weight excluding hydrogens is 346 g/mol. The molecule has 0 saturated carbocycles. The van der Waals surface area contributed by atoms with Gasteiger partial charge in [0.1, 0.15) is 0 Å². The number of rotatable bonds is 4. The van der Waals surface area contributed by atoms with Gasteiger partial charge in [0.2, 0.25) is 0 Å². The highest BCUT2D eigenvalue weighted by Crippen LogP contribution is 2.40. The van der Waals surface area contributed by atoms with Crippen LogP contribution in [0.4, 0.5) is 0 Å². The number of hydrogen-bond acceptors (Lipinski definition) is 2. The number of hydrogen-bond donors (Lipinski definition) is 0. The normalized spacial score (nSPS) is 23.6. The molecule has 27 heavy (non-hydrogen) atoms. The van der Waals surface area contributed by atoms with Gasteiger partial charge in [0.05, 0.1) is 6.10 Å². The van der Waals surface area contributed by atoms with Crippen LogP contribution in [0.3, 0.4) is 0 Å². The fraction of sp³-hybridized carbons (Fsp3) is 0.417. The summed E-state index contributed by atoms with van der Waals surface area (Å²) in [7, 11) is -2.43. The molecule has 2 fully saturated rings. The van der Waals surface area contributed by atoms with Crippen molar-refractivity contribution in [2.45, 2.75) is 50.8 Å². The van der Waals surface area contributed by atoms with Gasteiger partial charge in [0.25, 0.3) is 8.32 Å². The summed E-state index contributed by atoms with van der Waals surface area (Å²) in [5.74, 6) is 0. The first kappa shape index (κ1) is 18.7. The molecule has 4 rings (SSSR count). The van der Waals surface area contributed by atoms with Gasteiger partial charge < -0.3 is 4.43 Å². The highest BCUT2D eigenvalue weighted by atomic mass is 28.4. The van der Waals surface area contributed by atoms with E-state index in [2.05, 4.69) is 92.9 Å². The summed E-state index contributed by atoms with van der Waals surface area (Å²) in [6.07, 6.45) is 2.57. The van der Waals surface area contributed by atoms with Crippen molar-refractivity contribution in [1.82, 2.24) is 4.90 Å². The fourth-order valence-electron chi connectivity index (χ4n) is 5.06. The molecule has 2 aromatic rings. The molecule has 0 aliphatic carbocycles. The van der Waals surface area contributed by atoms with E-state index in [9.17, 15) is 0 Å². The zero-order valence-electron chi connectivity index (χ0n) is 16.8. The number of fused-ring (bicyclic) bond motifs is 1. The molecule has 2 aliphatic heterocycles. The maximum absolute atomic E-state index is 7.27. The van der Waals surface area contributed by atoms with Gasteiger partial charge in [0.15, 0.2) is 0 Å². The van der Waals surface area contributed by atoms with Gasteiger partial charge in [0, 0.05) is 19.1 Å². The van der Waals surface area contributed by atoms with Crippen molar-refractivity contribution in [1.29, 1.82) is 0 Å². The van der Waals surface area contributed by atoms with Crippen LogP contribution in [0.5, 0.6) is 0 Å². The van der Waals surface area contributed by atoms with E-state index in [0.29, 0.717) is 12.1 Å². The average Bonchev–Trinajstić information content (AvgIpc) is 3.16. The largest absolute Gasteiger partial charge is 0.403 e. The molecule has 0 radical (unpaired) electrons. The van der Waals surface area contributed by atoms with E-state index in [4.69, 9.17) is 4.43 Å². The van der Waals surface area contributed by atoms with Crippen LogP contribution in [-0.4, -0.2) is 38.5 Å². The summed E-state index contributed by atoms with van der Waals surface area (Å²) in [5.41, 5.74) is 1.38. The van der Waals surface area contributed by atoms with E-state index < -0.39 is 8.32 Å². The van der Waals surface area contributed by atoms with Gasteiger partial charge in [-0.15, -0.1) is 0 Å². The van der Waals surface area contributed by atoms with Crippen LogP contribution in [0.25, 0.3) is 0 Å². The van der Waals surface area contributed by atoms with Crippen LogP contribution < -0.4 is 10.4 Å². The Morgan fingerprint density at radius 2 is 1.52 bits per heavy atom. The topological polar surface area (TPSA) is 12.5 Å². The Hall–Kier alpha value is -1.68. The summed E-state index contributed by atoms with van der Waals surface area (Å²) in [6, 6.07) is 22.6. The molecule has 0 amide bonds. The monoisotopic (exact) mass is 377 g/mol. The lowest BCUT2D eigenvalue weighted by Crippen LogP contribution is -2.67. The van der Waals surface area contributed by atoms with E-state index >= 15 is 0 Å².